The van der Waals surface area contributed by atoms with Crippen molar-refractivity contribution in [1.29, 1.82) is 0 Å². The number of thioether (sulfide) groups is 1. The largest absolute Gasteiger partial charge is 0.357 e. The van der Waals surface area contributed by atoms with Gasteiger partial charge in [-0.15, -0.1) is 24.0 Å². The van der Waals surface area contributed by atoms with Crippen molar-refractivity contribution in [3.8, 4) is 0 Å². The average Bonchev–Trinajstić information content (AvgIpc) is 2.71. The number of aryl methyl sites for hydroxylation is 1. The number of guanidine groups is 1. The second kappa shape index (κ2) is 11.5. The lowest BCUT2D eigenvalue weighted by atomic mass is 10.4. The predicted molar refractivity (Wildman–Crippen MR) is 106 cm³/mol. The van der Waals surface area contributed by atoms with Crippen LogP contribution in [0.1, 0.15) is 19.0 Å². The molecule has 1 rings (SSSR count). The molecule has 0 amide bonds. The zero-order chi connectivity index (χ0) is 15.0. The Hall–Kier alpha value is -0.0800. The molecule has 0 radical (unpaired) electrons. The molecule has 1 aromatic rings. The Morgan fingerprint density at radius 1 is 1.52 bits per heavy atom. The Bertz CT molecular complexity index is 437. The fourth-order valence-corrected chi connectivity index (χ4v) is 2.59. The molecule has 4 nitrogen and oxygen atoms in total. The van der Waals surface area contributed by atoms with Crippen molar-refractivity contribution in [2.45, 2.75) is 19.9 Å². The summed E-state index contributed by atoms with van der Waals surface area (Å²) in [5.74, 6) is 2.10. The van der Waals surface area contributed by atoms with Crippen LogP contribution in [0.3, 0.4) is 0 Å². The van der Waals surface area contributed by atoms with Gasteiger partial charge in [-0.3, -0.25) is 4.99 Å². The summed E-state index contributed by atoms with van der Waals surface area (Å²) in [6, 6.07) is 2.00. The van der Waals surface area contributed by atoms with Gasteiger partial charge in [0.25, 0.3) is 0 Å². The highest BCUT2D eigenvalue weighted by Crippen LogP contribution is 2.14. The minimum atomic E-state index is 0. The van der Waals surface area contributed by atoms with Gasteiger partial charge in [-0.05, 0) is 31.4 Å². The van der Waals surface area contributed by atoms with Gasteiger partial charge >= 0.3 is 0 Å². The first-order valence-electron chi connectivity index (χ1n) is 6.87. The van der Waals surface area contributed by atoms with Gasteiger partial charge in [0, 0.05) is 39.1 Å². The summed E-state index contributed by atoms with van der Waals surface area (Å²) in [5, 5.41) is 4.11. The van der Waals surface area contributed by atoms with Crippen LogP contribution >= 0.6 is 47.3 Å². The van der Waals surface area contributed by atoms with Gasteiger partial charge in [0.15, 0.2) is 5.96 Å². The number of rotatable bonds is 7. The molecule has 21 heavy (non-hydrogen) atoms. The van der Waals surface area contributed by atoms with E-state index in [1.165, 1.54) is 5.69 Å². The first-order valence-corrected chi connectivity index (χ1v) is 8.64. The Morgan fingerprint density at radius 3 is 2.76 bits per heavy atom. The summed E-state index contributed by atoms with van der Waals surface area (Å²) in [5.41, 5.74) is 1.17. The average molecular weight is 445 g/mol. The summed E-state index contributed by atoms with van der Waals surface area (Å²) in [4.78, 5) is 6.79. The molecule has 0 aliphatic rings. The van der Waals surface area contributed by atoms with Crippen LogP contribution in [0.15, 0.2) is 17.3 Å². The van der Waals surface area contributed by atoms with Crippen LogP contribution in [0, 0.1) is 0 Å². The maximum absolute atomic E-state index is 6.02. The highest BCUT2D eigenvalue weighted by molar-refractivity contribution is 14.0. The molecule has 0 saturated carbocycles. The summed E-state index contributed by atoms with van der Waals surface area (Å²) >= 11 is 7.88. The van der Waals surface area contributed by atoms with Gasteiger partial charge in [0.1, 0.15) is 0 Å². The molecule has 0 saturated heterocycles. The first kappa shape index (κ1) is 20.9. The fraction of sp³-hybridized carbons (Fsp3) is 0.643. The van der Waals surface area contributed by atoms with E-state index < -0.39 is 0 Å². The van der Waals surface area contributed by atoms with Gasteiger partial charge in [0.2, 0.25) is 0 Å². The Labute approximate surface area is 154 Å². The molecule has 0 fully saturated rings. The number of aromatic nitrogens is 1. The van der Waals surface area contributed by atoms with E-state index in [-0.39, 0.29) is 24.0 Å². The summed E-state index contributed by atoms with van der Waals surface area (Å²) in [6.45, 7) is 4.61. The van der Waals surface area contributed by atoms with Crippen LogP contribution in [0.2, 0.25) is 5.02 Å². The van der Waals surface area contributed by atoms with Crippen molar-refractivity contribution in [2.24, 2.45) is 12.0 Å². The topological polar surface area (TPSA) is 32.6 Å². The fourth-order valence-electron chi connectivity index (χ4n) is 1.90. The first-order chi connectivity index (χ1) is 9.58. The molecule has 0 spiro atoms. The maximum atomic E-state index is 6.02. The van der Waals surface area contributed by atoms with E-state index in [0.29, 0.717) is 0 Å². The zero-order valence-corrected chi connectivity index (χ0v) is 17.1. The summed E-state index contributed by atoms with van der Waals surface area (Å²) < 4.78 is 2.05. The number of halogens is 2. The normalized spacial score (nSPS) is 11.2. The van der Waals surface area contributed by atoms with Crippen LogP contribution < -0.4 is 5.32 Å². The van der Waals surface area contributed by atoms with Gasteiger partial charge in [0.05, 0.1) is 11.6 Å². The summed E-state index contributed by atoms with van der Waals surface area (Å²) in [6.07, 6.45) is 5.16. The minimum absolute atomic E-state index is 0. The molecular weight excluding hydrogens is 419 g/mol. The van der Waals surface area contributed by atoms with E-state index >= 15 is 0 Å². The quantitative estimate of drug-likeness (QED) is 0.303. The monoisotopic (exact) mass is 444 g/mol. The molecule has 0 aromatic carbocycles. The molecule has 0 atom stereocenters. The standard InChI is InChI=1S/C14H25ClN4S.HI/c1-5-16-14(17-7-6-8-20-4)19(3)11-13-9-12(15)10-18(13)2;/h9-10H,5-8,11H2,1-4H3,(H,16,17);1H. The lowest BCUT2D eigenvalue weighted by Gasteiger charge is -2.22. The number of aliphatic imine (C=N–C) groups is 1. The molecular formula is C14H26ClIN4S. The minimum Gasteiger partial charge on any atom is -0.357 e. The SMILES string of the molecule is CCNC(=NCCCSC)N(C)Cc1cc(Cl)cn1C.I. The summed E-state index contributed by atoms with van der Waals surface area (Å²) in [7, 11) is 4.06. The van der Waals surface area contributed by atoms with Crippen molar-refractivity contribution >= 4 is 53.3 Å². The van der Waals surface area contributed by atoms with E-state index in [1.807, 2.05) is 31.1 Å². The molecule has 1 heterocycles. The molecule has 0 aliphatic heterocycles. The van der Waals surface area contributed by atoms with Crippen molar-refractivity contribution in [3.05, 3.63) is 23.0 Å². The number of nitrogens with zero attached hydrogens (tertiary/aromatic N) is 3. The molecule has 0 bridgehead atoms. The highest BCUT2D eigenvalue weighted by atomic mass is 127. The lowest BCUT2D eigenvalue weighted by Crippen LogP contribution is -2.38. The van der Waals surface area contributed by atoms with Crippen LogP contribution in [0.5, 0.6) is 0 Å². The van der Waals surface area contributed by atoms with Crippen LogP contribution in [0.4, 0.5) is 0 Å². The zero-order valence-electron chi connectivity index (χ0n) is 13.2. The van der Waals surface area contributed by atoms with E-state index in [4.69, 9.17) is 11.6 Å². The molecule has 0 aliphatic carbocycles. The third-order valence-electron chi connectivity index (χ3n) is 2.94. The predicted octanol–water partition coefficient (Wildman–Crippen LogP) is 3.45. The third-order valence-corrected chi connectivity index (χ3v) is 3.84. The Balaban J connectivity index is 0.00000400. The van der Waals surface area contributed by atoms with Crippen molar-refractivity contribution in [3.63, 3.8) is 0 Å². The molecule has 122 valence electrons. The number of hydrogen-bond acceptors (Lipinski definition) is 2. The van der Waals surface area contributed by atoms with Crippen molar-refractivity contribution in [2.75, 3.05) is 32.1 Å². The lowest BCUT2D eigenvalue weighted by molar-refractivity contribution is 0.462. The van der Waals surface area contributed by atoms with E-state index in [0.717, 1.165) is 42.8 Å². The van der Waals surface area contributed by atoms with Crippen LogP contribution in [-0.4, -0.2) is 47.6 Å². The van der Waals surface area contributed by atoms with Crippen LogP contribution in [0.25, 0.3) is 0 Å². The number of hydrogen-bond donors (Lipinski definition) is 1. The van der Waals surface area contributed by atoms with Gasteiger partial charge < -0.3 is 14.8 Å². The Kier molecular flexibility index (Phi) is 11.4. The second-order valence-electron chi connectivity index (χ2n) is 4.70. The van der Waals surface area contributed by atoms with E-state index in [9.17, 15) is 0 Å². The molecule has 1 N–H and O–H groups in total. The smallest absolute Gasteiger partial charge is 0.194 e. The van der Waals surface area contributed by atoms with E-state index in [1.54, 1.807) is 0 Å². The van der Waals surface area contributed by atoms with Gasteiger partial charge in [-0.2, -0.15) is 11.8 Å². The Morgan fingerprint density at radius 2 is 2.24 bits per heavy atom. The molecule has 7 heteroatoms. The third kappa shape index (κ3) is 7.65. The van der Waals surface area contributed by atoms with Crippen LogP contribution in [-0.2, 0) is 13.6 Å². The van der Waals surface area contributed by atoms with Crippen molar-refractivity contribution < 1.29 is 0 Å². The van der Waals surface area contributed by atoms with Gasteiger partial charge in [-0.25, -0.2) is 0 Å². The molecule has 0 unspecified atom stereocenters. The molecule has 1 aromatic heterocycles. The van der Waals surface area contributed by atoms with E-state index in [2.05, 4.69) is 40.0 Å². The number of nitrogens with one attached hydrogen (secondary N) is 1. The second-order valence-corrected chi connectivity index (χ2v) is 6.12. The van der Waals surface area contributed by atoms with Crippen molar-refractivity contribution in [1.82, 2.24) is 14.8 Å². The van der Waals surface area contributed by atoms with Gasteiger partial charge in [-0.1, -0.05) is 11.6 Å². The maximum Gasteiger partial charge on any atom is 0.194 e. The highest BCUT2D eigenvalue weighted by Gasteiger charge is 2.09.